The molecule has 254 valence electrons. The number of phenols is 1. The summed E-state index contributed by atoms with van der Waals surface area (Å²) in [7, 11) is 1.32. The zero-order valence-corrected chi connectivity index (χ0v) is 28.0. The lowest BCUT2D eigenvalue weighted by Crippen LogP contribution is -2.47. The van der Waals surface area contributed by atoms with Crippen LogP contribution < -0.4 is 15.4 Å². The van der Waals surface area contributed by atoms with E-state index in [4.69, 9.17) is 18.9 Å². The maximum atomic E-state index is 12.7. The van der Waals surface area contributed by atoms with Crippen LogP contribution in [0.25, 0.3) is 6.08 Å². The number of aromatic hydroxyl groups is 1. The van der Waals surface area contributed by atoms with Crippen LogP contribution in [0.4, 0.5) is 9.59 Å². The Morgan fingerprint density at radius 1 is 0.894 bits per heavy atom. The molecule has 0 saturated carbocycles. The number of allylic oxidation sites excluding steroid dienone is 1. The first-order valence-electron chi connectivity index (χ1n) is 15.5. The van der Waals surface area contributed by atoms with Gasteiger partial charge in [-0.15, -0.1) is 0 Å². The highest BCUT2D eigenvalue weighted by atomic mass is 16.6. The van der Waals surface area contributed by atoms with Gasteiger partial charge in [0.15, 0.2) is 5.78 Å². The van der Waals surface area contributed by atoms with Crippen LogP contribution in [-0.4, -0.2) is 59.9 Å². The Morgan fingerprint density at radius 3 is 2.09 bits per heavy atom. The van der Waals surface area contributed by atoms with Crippen molar-refractivity contribution in [2.24, 2.45) is 4.99 Å². The first kappa shape index (κ1) is 36.6. The zero-order valence-electron chi connectivity index (χ0n) is 28.0. The summed E-state index contributed by atoms with van der Waals surface area (Å²) in [6.45, 7) is 10.6. The Kier molecular flexibility index (Phi) is 12.5. The molecule has 47 heavy (non-hydrogen) atoms. The van der Waals surface area contributed by atoms with E-state index in [1.807, 2.05) is 12.1 Å². The molecule has 1 aliphatic heterocycles. The molecular formula is C35H45N3O9. The lowest BCUT2D eigenvalue weighted by Gasteiger charge is -2.22. The molecule has 0 fully saturated rings. The van der Waals surface area contributed by atoms with Gasteiger partial charge in [0.05, 0.1) is 7.11 Å². The van der Waals surface area contributed by atoms with E-state index in [2.05, 4.69) is 15.6 Å². The van der Waals surface area contributed by atoms with Crippen molar-refractivity contribution < 1.29 is 43.2 Å². The molecule has 2 amide bonds. The summed E-state index contributed by atoms with van der Waals surface area (Å²) in [5, 5.41) is 14.5. The van der Waals surface area contributed by atoms with Gasteiger partial charge < -0.3 is 24.1 Å². The molecule has 3 rings (SSSR count). The van der Waals surface area contributed by atoms with Crippen molar-refractivity contribution in [3.05, 3.63) is 65.2 Å². The number of aliphatic imine (C=N–C) groups is 1. The van der Waals surface area contributed by atoms with Gasteiger partial charge in [0, 0.05) is 18.5 Å². The number of esters is 1. The first-order valence-corrected chi connectivity index (χ1v) is 15.5. The fraction of sp³-hybridized carbons (Fsp3) is 0.457. The zero-order chi connectivity index (χ0) is 34.8. The molecule has 12 heteroatoms. The van der Waals surface area contributed by atoms with E-state index in [0.29, 0.717) is 37.0 Å². The van der Waals surface area contributed by atoms with E-state index in [-0.39, 0.29) is 24.0 Å². The second-order valence-electron chi connectivity index (χ2n) is 13.0. The van der Waals surface area contributed by atoms with Gasteiger partial charge in [0.25, 0.3) is 0 Å². The SMILES string of the molecule is COC(=O)[C@@H]1c2cc(/C=C/C(=O)CCCCCN=C(NC(=O)OC(C)(C)C)NC(=O)OC(C)(C)C)ccc2O[C@H]1c1ccc(O)cc1. The molecule has 0 bridgehead atoms. The summed E-state index contributed by atoms with van der Waals surface area (Å²) in [5.41, 5.74) is 0.646. The molecule has 2 aromatic carbocycles. The van der Waals surface area contributed by atoms with Crippen molar-refractivity contribution in [2.45, 2.75) is 90.4 Å². The van der Waals surface area contributed by atoms with Crippen LogP contribution in [0.3, 0.4) is 0 Å². The number of amides is 2. The summed E-state index contributed by atoms with van der Waals surface area (Å²) >= 11 is 0. The molecule has 12 nitrogen and oxygen atoms in total. The molecule has 0 aliphatic carbocycles. The number of guanidine groups is 1. The monoisotopic (exact) mass is 651 g/mol. The molecule has 1 heterocycles. The van der Waals surface area contributed by atoms with Crippen LogP contribution in [0.1, 0.15) is 95.9 Å². The van der Waals surface area contributed by atoms with Gasteiger partial charge in [0.1, 0.15) is 34.7 Å². The number of nitrogens with one attached hydrogen (secondary N) is 2. The molecule has 2 aromatic rings. The third kappa shape index (κ3) is 12.1. The van der Waals surface area contributed by atoms with Crippen LogP contribution in [0.15, 0.2) is 53.5 Å². The lowest BCUT2D eigenvalue weighted by molar-refractivity contribution is -0.144. The van der Waals surface area contributed by atoms with E-state index in [1.54, 1.807) is 65.8 Å². The summed E-state index contributed by atoms with van der Waals surface area (Å²) < 4.78 is 21.6. The number of unbranched alkanes of at least 4 members (excludes halogenated alkanes) is 2. The highest BCUT2D eigenvalue weighted by Crippen LogP contribution is 2.47. The molecule has 0 unspecified atom stereocenters. The fourth-order valence-electron chi connectivity index (χ4n) is 4.65. The number of carbonyl (C=O) groups is 4. The Morgan fingerprint density at radius 2 is 1.51 bits per heavy atom. The minimum Gasteiger partial charge on any atom is -0.508 e. The Hall–Kier alpha value is -4.87. The molecule has 1 aliphatic rings. The largest absolute Gasteiger partial charge is 0.508 e. The van der Waals surface area contributed by atoms with Crippen LogP contribution in [0.2, 0.25) is 0 Å². The van der Waals surface area contributed by atoms with Gasteiger partial charge in [-0.3, -0.25) is 25.2 Å². The molecule has 0 spiro atoms. The summed E-state index contributed by atoms with van der Waals surface area (Å²) in [4.78, 5) is 54.1. The smallest absolute Gasteiger partial charge is 0.414 e. The molecular weight excluding hydrogens is 606 g/mol. The van der Waals surface area contributed by atoms with E-state index in [1.165, 1.54) is 25.3 Å². The first-order chi connectivity index (χ1) is 22.0. The number of rotatable bonds is 10. The second-order valence-corrected chi connectivity index (χ2v) is 13.0. The third-order valence-electron chi connectivity index (χ3n) is 6.65. The van der Waals surface area contributed by atoms with Gasteiger partial charge in [0.2, 0.25) is 5.96 Å². The number of benzene rings is 2. The number of ether oxygens (including phenoxy) is 4. The van der Waals surface area contributed by atoms with E-state index in [9.17, 15) is 24.3 Å². The van der Waals surface area contributed by atoms with Crippen LogP contribution >= 0.6 is 0 Å². The maximum Gasteiger partial charge on any atom is 0.414 e. The highest BCUT2D eigenvalue weighted by molar-refractivity contribution is 6.01. The van der Waals surface area contributed by atoms with Crippen molar-refractivity contribution in [2.75, 3.05) is 13.7 Å². The van der Waals surface area contributed by atoms with Crippen molar-refractivity contribution in [3.63, 3.8) is 0 Å². The lowest BCUT2D eigenvalue weighted by atomic mass is 9.90. The summed E-state index contributed by atoms with van der Waals surface area (Å²) in [6, 6.07) is 11.9. The minimum atomic E-state index is -0.765. The maximum absolute atomic E-state index is 12.7. The number of phenolic OH excluding ortho intramolecular Hbond substituents is 1. The number of carbonyl (C=O) groups excluding carboxylic acids is 4. The van der Waals surface area contributed by atoms with Gasteiger partial charge in [-0.05, 0) is 95.9 Å². The molecule has 0 saturated heterocycles. The minimum absolute atomic E-state index is 0.0596. The number of alkyl carbamates (subject to hydrolysis) is 2. The molecule has 2 atom stereocenters. The highest BCUT2D eigenvalue weighted by Gasteiger charge is 2.41. The quantitative estimate of drug-likeness (QED) is 0.0665. The fourth-order valence-corrected chi connectivity index (χ4v) is 4.65. The second kappa shape index (κ2) is 16.1. The number of fused-ring (bicyclic) bond motifs is 1. The summed E-state index contributed by atoms with van der Waals surface area (Å²) in [5.74, 6) is -0.636. The van der Waals surface area contributed by atoms with Crippen molar-refractivity contribution in [3.8, 4) is 11.5 Å². The Bertz CT molecular complexity index is 1450. The van der Waals surface area contributed by atoms with Gasteiger partial charge in [-0.1, -0.05) is 30.7 Å². The number of ketones is 1. The van der Waals surface area contributed by atoms with Crippen LogP contribution in [0, 0.1) is 0 Å². The molecule has 0 radical (unpaired) electrons. The van der Waals surface area contributed by atoms with Gasteiger partial charge in [-0.2, -0.15) is 0 Å². The average molecular weight is 652 g/mol. The predicted molar refractivity (Wildman–Crippen MR) is 176 cm³/mol. The number of hydrogen-bond donors (Lipinski definition) is 3. The number of hydrogen-bond acceptors (Lipinski definition) is 10. The number of methoxy groups -OCH3 is 1. The normalized spacial score (nSPS) is 15.6. The van der Waals surface area contributed by atoms with Crippen molar-refractivity contribution >= 4 is 36.0 Å². The Labute approximate surface area is 275 Å². The predicted octanol–water partition coefficient (Wildman–Crippen LogP) is 6.33. The van der Waals surface area contributed by atoms with Gasteiger partial charge in [-0.25, -0.2) is 9.59 Å². The van der Waals surface area contributed by atoms with Gasteiger partial charge >= 0.3 is 18.2 Å². The van der Waals surface area contributed by atoms with Crippen molar-refractivity contribution in [1.82, 2.24) is 10.6 Å². The van der Waals surface area contributed by atoms with Crippen molar-refractivity contribution in [1.29, 1.82) is 0 Å². The van der Waals surface area contributed by atoms with E-state index in [0.717, 1.165) is 11.1 Å². The standard InChI is InChI=1S/C35H45N3O9/c1-34(2,3)46-32(42)37-31(38-33(43)47-35(4,5)6)36-20-10-8-9-11-24(39)16-12-22-13-19-27-26(21-22)28(30(41)44-7)29(45-27)23-14-17-25(40)18-15-23/h12-19,21,28-29,40H,8-11,20H2,1-7H3,(H2,36,37,38,42,43)/b16-12+/t28-,29+/m1/s1. The van der Waals surface area contributed by atoms with Crippen LogP contribution in [0.5, 0.6) is 11.5 Å². The van der Waals surface area contributed by atoms with Crippen LogP contribution in [-0.2, 0) is 23.8 Å². The third-order valence-corrected chi connectivity index (χ3v) is 6.65. The number of nitrogens with zero attached hydrogens (tertiary/aromatic N) is 1. The van der Waals surface area contributed by atoms with E-state index < -0.39 is 41.4 Å². The average Bonchev–Trinajstić information content (AvgIpc) is 3.34. The Balaban J connectivity index is 1.53. The topological polar surface area (TPSA) is 162 Å². The summed E-state index contributed by atoms with van der Waals surface area (Å²) in [6.07, 6.45) is 3.29. The molecule has 3 N–H and O–H groups in total. The van der Waals surface area contributed by atoms with E-state index >= 15 is 0 Å². The molecule has 0 aromatic heterocycles.